The number of hydrogen-bond acceptors (Lipinski definition) is 3. The SMILES string of the molecule is CC1(C)c2ccccc2-c2c(-c3ccccc3N(c3ccc4c(c3)oc3ccccc34)c3ccccc3-c3cccc4oc5c6ccccc6ccc5c34)cccc21. The molecule has 2 aromatic heterocycles. The van der Waals surface area contributed by atoms with Gasteiger partial charge in [0.1, 0.15) is 22.3 Å². The van der Waals surface area contributed by atoms with Gasteiger partial charge in [0.15, 0.2) is 0 Å². The molecule has 274 valence electrons. The minimum atomic E-state index is -0.118. The zero-order valence-electron chi connectivity index (χ0n) is 32.2. The zero-order chi connectivity index (χ0) is 38.5. The van der Waals surface area contributed by atoms with Gasteiger partial charge in [0.05, 0.1) is 11.4 Å². The van der Waals surface area contributed by atoms with E-state index in [0.717, 1.165) is 88.4 Å². The molecule has 0 fully saturated rings. The molecule has 0 aliphatic heterocycles. The Labute approximate surface area is 336 Å². The third kappa shape index (κ3) is 4.68. The summed E-state index contributed by atoms with van der Waals surface area (Å²) in [6.07, 6.45) is 0. The summed E-state index contributed by atoms with van der Waals surface area (Å²) < 4.78 is 13.3. The summed E-state index contributed by atoms with van der Waals surface area (Å²) in [7, 11) is 0. The van der Waals surface area contributed by atoms with Crippen molar-refractivity contribution in [1.82, 2.24) is 0 Å². The van der Waals surface area contributed by atoms with E-state index in [1.807, 2.05) is 12.1 Å². The van der Waals surface area contributed by atoms with Crippen LogP contribution in [-0.4, -0.2) is 0 Å². The van der Waals surface area contributed by atoms with Gasteiger partial charge in [-0.3, -0.25) is 0 Å². The van der Waals surface area contributed by atoms with Gasteiger partial charge in [0.2, 0.25) is 0 Å². The number of hydrogen-bond donors (Lipinski definition) is 0. The van der Waals surface area contributed by atoms with E-state index in [1.165, 1.54) is 27.8 Å². The largest absolute Gasteiger partial charge is 0.456 e. The van der Waals surface area contributed by atoms with Crippen LogP contribution in [0.25, 0.3) is 88.0 Å². The molecule has 0 saturated carbocycles. The van der Waals surface area contributed by atoms with Crippen LogP contribution in [0.1, 0.15) is 25.0 Å². The number of fused-ring (bicyclic) bond motifs is 11. The number of nitrogens with zero attached hydrogens (tertiary/aromatic N) is 1. The molecule has 0 unspecified atom stereocenters. The molecule has 12 rings (SSSR count). The lowest BCUT2D eigenvalue weighted by Crippen LogP contribution is -2.15. The van der Waals surface area contributed by atoms with Crippen LogP contribution in [0.2, 0.25) is 0 Å². The maximum atomic E-state index is 6.71. The molecule has 9 aromatic carbocycles. The summed E-state index contributed by atoms with van der Waals surface area (Å²) in [6, 6.07) is 67.7. The van der Waals surface area contributed by atoms with Crippen LogP contribution in [0.15, 0.2) is 197 Å². The first kappa shape index (κ1) is 32.8. The van der Waals surface area contributed by atoms with Gasteiger partial charge in [0.25, 0.3) is 0 Å². The first-order valence-corrected chi connectivity index (χ1v) is 20.0. The van der Waals surface area contributed by atoms with Crippen LogP contribution in [0.3, 0.4) is 0 Å². The van der Waals surface area contributed by atoms with E-state index in [1.54, 1.807) is 0 Å². The maximum absolute atomic E-state index is 6.71. The Morgan fingerprint density at radius 2 is 0.983 bits per heavy atom. The molecule has 58 heavy (non-hydrogen) atoms. The van der Waals surface area contributed by atoms with Gasteiger partial charge in [-0.1, -0.05) is 153 Å². The minimum absolute atomic E-state index is 0.118. The van der Waals surface area contributed by atoms with Gasteiger partial charge in [-0.15, -0.1) is 0 Å². The molecule has 0 saturated heterocycles. The fraction of sp³-hybridized carbons (Fsp3) is 0.0545. The van der Waals surface area contributed by atoms with Crippen LogP contribution in [-0.2, 0) is 5.41 Å². The Morgan fingerprint density at radius 1 is 0.397 bits per heavy atom. The van der Waals surface area contributed by atoms with Crippen molar-refractivity contribution in [3.05, 3.63) is 199 Å². The lowest BCUT2D eigenvalue weighted by atomic mass is 9.82. The van der Waals surface area contributed by atoms with Gasteiger partial charge in [-0.2, -0.15) is 0 Å². The minimum Gasteiger partial charge on any atom is -0.456 e. The van der Waals surface area contributed by atoms with E-state index in [2.05, 4.69) is 195 Å². The van der Waals surface area contributed by atoms with Crippen LogP contribution in [0, 0.1) is 0 Å². The molecule has 0 atom stereocenters. The zero-order valence-corrected chi connectivity index (χ0v) is 32.2. The van der Waals surface area contributed by atoms with Crippen molar-refractivity contribution in [1.29, 1.82) is 0 Å². The lowest BCUT2D eigenvalue weighted by molar-refractivity contribution is 0.660. The van der Waals surface area contributed by atoms with Crippen molar-refractivity contribution in [2.75, 3.05) is 4.90 Å². The van der Waals surface area contributed by atoms with Crippen LogP contribution >= 0.6 is 0 Å². The second-order valence-corrected chi connectivity index (χ2v) is 16.0. The lowest BCUT2D eigenvalue weighted by Gasteiger charge is -2.30. The molecule has 3 heteroatoms. The predicted octanol–water partition coefficient (Wildman–Crippen LogP) is 15.7. The molecular formula is C55H37NO2. The van der Waals surface area contributed by atoms with Crippen LogP contribution in [0.5, 0.6) is 0 Å². The number of furan rings is 2. The first-order chi connectivity index (χ1) is 28.5. The van der Waals surface area contributed by atoms with E-state index in [0.29, 0.717) is 0 Å². The van der Waals surface area contributed by atoms with Gasteiger partial charge in [-0.05, 0) is 81.2 Å². The van der Waals surface area contributed by atoms with Crippen LogP contribution in [0.4, 0.5) is 17.1 Å². The molecule has 2 heterocycles. The highest BCUT2D eigenvalue weighted by Crippen LogP contribution is 2.54. The van der Waals surface area contributed by atoms with E-state index in [-0.39, 0.29) is 5.41 Å². The number of benzene rings is 9. The molecule has 11 aromatic rings. The average molecular weight is 744 g/mol. The third-order valence-electron chi connectivity index (χ3n) is 12.5. The van der Waals surface area contributed by atoms with Crippen LogP contribution < -0.4 is 4.90 Å². The Kier molecular flexibility index (Phi) is 6.98. The molecule has 1 aliphatic rings. The second-order valence-electron chi connectivity index (χ2n) is 16.0. The monoisotopic (exact) mass is 743 g/mol. The Balaban J connectivity index is 1.14. The maximum Gasteiger partial charge on any atom is 0.143 e. The third-order valence-corrected chi connectivity index (χ3v) is 12.5. The van der Waals surface area contributed by atoms with Gasteiger partial charge < -0.3 is 13.7 Å². The summed E-state index contributed by atoms with van der Waals surface area (Å²) in [6.45, 7) is 4.70. The van der Waals surface area contributed by atoms with Crippen molar-refractivity contribution in [2.45, 2.75) is 19.3 Å². The van der Waals surface area contributed by atoms with E-state index in [4.69, 9.17) is 8.83 Å². The fourth-order valence-electron chi connectivity index (χ4n) is 9.81. The van der Waals surface area contributed by atoms with Gasteiger partial charge >= 0.3 is 0 Å². The fourth-order valence-corrected chi connectivity index (χ4v) is 9.81. The van der Waals surface area contributed by atoms with Crippen molar-refractivity contribution in [2.24, 2.45) is 0 Å². The summed E-state index contributed by atoms with van der Waals surface area (Å²) in [5.74, 6) is 0. The normalized spacial score (nSPS) is 13.1. The summed E-state index contributed by atoms with van der Waals surface area (Å²) in [5.41, 5.74) is 16.5. The topological polar surface area (TPSA) is 29.5 Å². The molecule has 0 radical (unpaired) electrons. The average Bonchev–Trinajstić information content (AvgIpc) is 3.92. The molecular weight excluding hydrogens is 707 g/mol. The summed E-state index contributed by atoms with van der Waals surface area (Å²) in [5, 5.41) is 6.71. The Hall–Kier alpha value is -7.36. The molecule has 0 spiro atoms. The first-order valence-electron chi connectivity index (χ1n) is 20.0. The van der Waals surface area contributed by atoms with Crippen molar-refractivity contribution in [3.8, 4) is 33.4 Å². The highest BCUT2D eigenvalue weighted by atomic mass is 16.3. The Bertz CT molecular complexity index is 3450. The number of para-hydroxylation sites is 3. The van der Waals surface area contributed by atoms with Crippen molar-refractivity contribution < 1.29 is 8.83 Å². The molecule has 0 amide bonds. The highest BCUT2D eigenvalue weighted by Gasteiger charge is 2.37. The van der Waals surface area contributed by atoms with Gasteiger partial charge in [-0.25, -0.2) is 0 Å². The van der Waals surface area contributed by atoms with Crippen molar-refractivity contribution in [3.63, 3.8) is 0 Å². The van der Waals surface area contributed by atoms with E-state index >= 15 is 0 Å². The molecule has 0 bridgehead atoms. The van der Waals surface area contributed by atoms with E-state index < -0.39 is 0 Å². The van der Waals surface area contributed by atoms with E-state index in [9.17, 15) is 0 Å². The summed E-state index contributed by atoms with van der Waals surface area (Å²) >= 11 is 0. The smallest absolute Gasteiger partial charge is 0.143 e. The molecule has 1 aliphatic carbocycles. The molecule has 0 N–H and O–H groups in total. The quantitative estimate of drug-likeness (QED) is 0.176. The number of anilines is 3. The van der Waals surface area contributed by atoms with Gasteiger partial charge in [0, 0.05) is 55.2 Å². The Morgan fingerprint density at radius 3 is 1.83 bits per heavy atom. The second kappa shape index (κ2) is 12.3. The highest BCUT2D eigenvalue weighted by molar-refractivity contribution is 6.20. The summed E-state index contributed by atoms with van der Waals surface area (Å²) in [4.78, 5) is 2.43. The van der Waals surface area contributed by atoms with Crippen molar-refractivity contribution >= 4 is 71.7 Å². The molecule has 3 nitrogen and oxygen atoms in total. The standard InChI is InChI=1S/C55H37NO2/c1-55(2)45-23-9-5-20-43(45)52-41(21-13-24-46(52)55)37-17-6-10-25-47(37)56(35-30-32-40-39-19-8-12-27-49(39)57-51(40)33-35)48-26-11-7-18-38(48)42-22-14-28-50-53(42)44-31-29-34-15-3-4-16-36(34)54(44)58-50/h3-33H,1-2H3. The predicted molar refractivity (Wildman–Crippen MR) is 242 cm³/mol. The number of rotatable bonds is 5.